The van der Waals surface area contributed by atoms with Crippen molar-refractivity contribution in [1.82, 2.24) is 10.2 Å². The normalized spacial score (nSPS) is 19.8. The van der Waals surface area contributed by atoms with Crippen LogP contribution in [0.25, 0.3) is 0 Å². The van der Waals surface area contributed by atoms with Crippen LogP contribution < -0.4 is 5.32 Å². The lowest BCUT2D eigenvalue weighted by atomic mass is 10.3. The maximum atomic E-state index is 5.52. The van der Waals surface area contributed by atoms with Crippen molar-refractivity contribution in [3.8, 4) is 0 Å². The van der Waals surface area contributed by atoms with Gasteiger partial charge in [0.05, 0.1) is 33.0 Å². The van der Waals surface area contributed by atoms with Gasteiger partial charge in [0, 0.05) is 25.7 Å². The fraction of sp³-hybridized carbons (Fsp3) is 1.00. The zero-order valence-corrected chi connectivity index (χ0v) is 13.2. The summed E-state index contributed by atoms with van der Waals surface area (Å²) >= 11 is 0. The first-order chi connectivity index (χ1) is 9.83. The summed E-state index contributed by atoms with van der Waals surface area (Å²) in [6, 6.07) is 0.639. The Bertz CT molecular complexity index is 217. The van der Waals surface area contributed by atoms with Crippen molar-refractivity contribution in [3.63, 3.8) is 0 Å². The number of likely N-dealkylation sites (tertiary alicyclic amines) is 1. The minimum Gasteiger partial charge on any atom is -0.379 e. The fourth-order valence-corrected chi connectivity index (χ4v) is 2.23. The van der Waals surface area contributed by atoms with Crippen LogP contribution in [0, 0.1) is 0 Å². The molecule has 1 aliphatic rings. The number of nitrogens with one attached hydrogen (secondary N) is 1. The maximum Gasteiger partial charge on any atom is 0.0701 e. The summed E-state index contributed by atoms with van der Waals surface area (Å²) in [4.78, 5) is 2.36. The molecule has 1 saturated heterocycles. The van der Waals surface area contributed by atoms with E-state index in [4.69, 9.17) is 14.2 Å². The first-order valence-corrected chi connectivity index (χ1v) is 7.98. The number of nitrogens with zero attached hydrogens (tertiary/aromatic N) is 1. The highest BCUT2D eigenvalue weighted by atomic mass is 16.5. The number of likely N-dealkylation sites (N-methyl/N-ethyl adjacent to an activating group) is 1. The third-order valence-corrected chi connectivity index (χ3v) is 3.46. The lowest BCUT2D eigenvalue weighted by molar-refractivity contribution is 0.0144. The summed E-state index contributed by atoms with van der Waals surface area (Å²) in [5.41, 5.74) is 0. The molecule has 0 spiro atoms. The highest BCUT2D eigenvalue weighted by molar-refractivity contribution is 4.78. The summed E-state index contributed by atoms with van der Waals surface area (Å²) in [7, 11) is 2.17. The Morgan fingerprint density at radius 2 is 1.65 bits per heavy atom. The van der Waals surface area contributed by atoms with Gasteiger partial charge < -0.3 is 24.4 Å². The Morgan fingerprint density at radius 3 is 2.25 bits per heavy atom. The Hall–Kier alpha value is -0.200. The molecule has 1 heterocycles. The molecule has 0 bridgehead atoms. The lowest BCUT2D eigenvalue weighted by Gasteiger charge is -2.12. The largest absolute Gasteiger partial charge is 0.379 e. The van der Waals surface area contributed by atoms with Gasteiger partial charge in [0.25, 0.3) is 0 Å². The average molecular weight is 288 g/mol. The third-order valence-electron chi connectivity index (χ3n) is 3.46. The predicted octanol–water partition coefficient (Wildman–Crippen LogP) is 1.13. The van der Waals surface area contributed by atoms with Crippen molar-refractivity contribution >= 4 is 0 Å². The van der Waals surface area contributed by atoms with Crippen LogP contribution in [-0.4, -0.2) is 77.3 Å². The first-order valence-electron chi connectivity index (χ1n) is 7.98. The SMILES string of the molecule is CCCCOCCOCCOCCNC1CCN(C)C1. The number of rotatable bonds is 13. The standard InChI is InChI=1S/C15H32N2O3/c1-3-4-8-18-10-12-20-13-11-19-9-6-16-15-5-7-17(2)14-15/h15-16H,3-14H2,1-2H3. The molecule has 1 fully saturated rings. The van der Waals surface area contributed by atoms with Gasteiger partial charge in [0.2, 0.25) is 0 Å². The second kappa shape index (κ2) is 12.5. The van der Waals surface area contributed by atoms with E-state index >= 15 is 0 Å². The summed E-state index contributed by atoms with van der Waals surface area (Å²) < 4.78 is 16.4. The summed E-state index contributed by atoms with van der Waals surface area (Å²) in [5, 5.41) is 3.52. The van der Waals surface area contributed by atoms with Crippen LogP contribution in [0.2, 0.25) is 0 Å². The van der Waals surface area contributed by atoms with E-state index < -0.39 is 0 Å². The topological polar surface area (TPSA) is 43.0 Å². The zero-order chi connectivity index (χ0) is 14.5. The van der Waals surface area contributed by atoms with Crippen LogP contribution in [0.3, 0.4) is 0 Å². The van der Waals surface area contributed by atoms with E-state index in [9.17, 15) is 0 Å². The van der Waals surface area contributed by atoms with Crippen molar-refractivity contribution in [1.29, 1.82) is 0 Å². The molecule has 0 aliphatic carbocycles. The number of hydrogen-bond donors (Lipinski definition) is 1. The average Bonchev–Trinajstić information content (AvgIpc) is 2.86. The number of ether oxygens (including phenoxy) is 3. The maximum absolute atomic E-state index is 5.52. The third kappa shape index (κ3) is 9.66. The van der Waals surface area contributed by atoms with Crippen LogP contribution in [-0.2, 0) is 14.2 Å². The molecule has 1 aliphatic heterocycles. The Morgan fingerprint density at radius 1 is 1.00 bits per heavy atom. The van der Waals surface area contributed by atoms with Crippen LogP contribution in [0.5, 0.6) is 0 Å². The van der Waals surface area contributed by atoms with Crippen LogP contribution >= 0.6 is 0 Å². The quantitative estimate of drug-likeness (QED) is 0.515. The van der Waals surface area contributed by atoms with Crippen molar-refractivity contribution in [2.45, 2.75) is 32.2 Å². The van der Waals surface area contributed by atoms with Crippen molar-refractivity contribution in [3.05, 3.63) is 0 Å². The molecule has 0 saturated carbocycles. The molecule has 120 valence electrons. The van der Waals surface area contributed by atoms with Gasteiger partial charge in [0.1, 0.15) is 0 Å². The molecule has 1 unspecified atom stereocenters. The minimum absolute atomic E-state index is 0.639. The van der Waals surface area contributed by atoms with E-state index in [1.54, 1.807) is 0 Å². The van der Waals surface area contributed by atoms with Crippen molar-refractivity contribution < 1.29 is 14.2 Å². The van der Waals surface area contributed by atoms with Gasteiger partial charge in [-0.1, -0.05) is 13.3 Å². The molecular formula is C15H32N2O3. The second-order valence-corrected chi connectivity index (χ2v) is 5.39. The van der Waals surface area contributed by atoms with Gasteiger partial charge in [-0.25, -0.2) is 0 Å². The zero-order valence-electron chi connectivity index (χ0n) is 13.2. The van der Waals surface area contributed by atoms with Gasteiger partial charge in [-0.2, -0.15) is 0 Å². The highest BCUT2D eigenvalue weighted by Crippen LogP contribution is 2.05. The summed E-state index contributed by atoms with van der Waals surface area (Å²) in [6.45, 7) is 9.74. The Balaban J connectivity index is 1.70. The molecule has 0 radical (unpaired) electrons. The van der Waals surface area contributed by atoms with Crippen LogP contribution in [0.4, 0.5) is 0 Å². The van der Waals surface area contributed by atoms with Crippen LogP contribution in [0.15, 0.2) is 0 Å². The molecule has 1 atom stereocenters. The molecular weight excluding hydrogens is 256 g/mol. The smallest absolute Gasteiger partial charge is 0.0701 e. The monoisotopic (exact) mass is 288 g/mol. The molecule has 0 amide bonds. The van der Waals surface area contributed by atoms with Gasteiger partial charge in [-0.3, -0.25) is 0 Å². The molecule has 20 heavy (non-hydrogen) atoms. The van der Waals surface area contributed by atoms with Gasteiger partial charge in [-0.15, -0.1) is 0 Å². The molecule has 1 N–H and O–H groups in total. The summed E-state index contributed by atoms with van der Waals surface area (Å²) in [6.07, 6.45) is 3.56. The molecule has 1 rings (SSSR count). The highest BCUT2D eigenvalue weighted by Gasteiger charge is 2.17. The van der Waals surface area contributed by atoms with Crippen LogP contribution in [0.1, 0.15) is 26.2 Å². The Kier molecular flexibility index (Phi) is 11.2. The fourth-order valence-electron chi connectivity index (χ4n) is 2.23. The lowest BCUT2D eigenvalue weighted by Crippen LogP contribution is -2.34. The van der Waals surface area contributed by atoms with E-state index in [0.717, 1.165) is 32.7 Å². The molecule has 0 aromatic carbocycles. The first kappa shape index (κ1) is 17.9. The number of hydrogen-bond acceptors (Lipinski definition) is 5. The van der Waals surface area contributed by atoms with E-state index in [1.165, 1.54) is 19.4 Å². The van der Waals surface area contributed by atoms with E-state index in [1.807, 2.05) is 0 Å². The molecule has 0 aromatic heterocycles. The van der Waals surface area contributed by atoms with Gasteiger partial charge >= 0.3 is 0 Å². The van der Waals surface area contributed by atoms with Gasteiger partial charge in [0.15, 0.2) is 0 Å². The van der Waals surface area contributed by atoms with Crippen molar-refractivity contribution in [2.24, 2.45) is 0 Å². The van der Waals surface area contributed by atoms with Gasteiger partial charge in [-0.05, 0) is 26.4 Å². The molecule has 5 nitrogen and oxygen atoms in total. The molecule has 0 aromatic rings. The Labute approximate surface area is 123 Å². The van der Waals surface area contributed by atoms with E-state index in [0.29, 0.717) is 32.5 Å². The number of unbranched alkanes of at least 4 members (excludes halogenated alkanes) is 1. The predicted molar refractivity (Wildman–Crippen MR) is 81.3 cm³/mol. The van der Waals surface area contributed by atoms with E-state index in [2.05, 4.69) is 24.2 Å². The second-order valence-electron chi connectivity index (χ2n) is 5.39. The molecule has 5 heteroatoms. The van der Waals surface area contributed by atoms with Crippen molar-refractivity contribution in [2.75, 3.05) is 66.3 Å². The summed E-state index contributed by atoms with van der Waals surface area (Å²) in [5.74, 6) is 0. The minimum atomic E-state index is 0.639. The van der Waals surface area contributed by atoms with E-state index in [-0.39, 0.29) is 0 Å².